The minimum Gasteiger partial charge on any atom is -0.326 e. The molecule has 0 saturated heterocycles. The molecule has 2 nitrogen and oxygen atoms in total. The number of rotatable bonds is 5. The van der Waals surface area contributed by atoms with Crippen LogP contribution in [-0.2, 0) is 0 Å². The summed E-state index contributed by atoms with van der Waals surface area (Å²) in [6.45, 7) is 6.61. The van der Waals surface area contributed by atoms with Gasteiger partial charge in [0, 0.05) is 11.6 Å². The number of hydrogen-bond donors (Lipinski definition) is 1. The number of unbranched alkanes of at least 4 members (excludes halogenated alkanes) is 1. The Morgan fingerprint density at radius 1 is 1.33 bits per heavy atom. The molecular weight excluding hydrogens is 148 g/mol. The molecule has 0 heterocycles. The lowest BCUT2D eigenvalue weighted by Crippen LogP contribution is -2.52. The van der Waals surface area contributed by atoms with E-state index in [1.807, 2.05) is 0 Å². The Balaban J connectivity index is 3.97. The molecule has 2 heteroatoms. The lowest BCUT2D eigenvalue weighted by atomic mass is 9.90. The molecule has 0 aliphatic heterocycles. The molecule has 0 rings (SSSR count). The highest BCUT2D eigenvalue weighted by Crippen LogP contribution is 2.17. The van der Waals surface area contributed by atoms with Crippen LogP contribution in [0.4, 0.5) is 0 Å². The maximum Gasteiger partial charge on any atom is 0.0298 e. The van der Waals surface area contributed by atoms with Crippen LogP contribution in [0.5, 0.6) is 0 Å². The van der Waals surface area contributed by atoms with E-state index in [0.717, 1.165) is 6.42 Å². The molecule has 0 radical (unpaired) electrons. The van der Waals surface area contributed by atoms with Gasteiger partial charge < -0.3 is 10.6 Å². The van der Waals surface area contributed by atoms with Crippen molar-refractivity contribution in [3.05, 3.63) is 0 Å². The Morgan fingerprint density at radius 3 is 2.17 bits per heavy atom. The molecule has 74 valence electrons. The summed E-state index contributed by atoms with van der Waals surface area (Å²) >= 11 is 0. The number of hydrogen-bond acceptors (Lipinski definition) is 2. The van der Waals surface area contributed by atoms with E-state index in [9.17, 15) is 0 Å². The lowest BCUT2D eigenvalue weighted by Gasteiger charge is -2.38. The topological polar surface area (TPSA) is 29.3 Å². The monoisotopic (exact) mass is 172 g/mol. The smallest absolute Gasteiger partial charge is 0.0298 e. The van der Waals surface area contributed by atoms with E-state index in [0.29, 0.717) is 0 Å². The van der Waals surface area contributed by atoms with Gasteiger partial charge in [-0.05, 0) is 34.4 Å². The molecule has 0 fully saturated rings. The largest absolute Gasteiger partial charge is 0.326 e. The fourth-order valence-electron chi connectivity index (χ4n) is 1.11. The van der Waals surface area contributed by atoms with Crippen LogP contribution in [-0.4, -0.2) is 30.6 Å². The van der Waals surface area contributed by atoms with Crippen molar-refractivity contribution in [2.75, 3.05) is 14.1 Å². The SMILES string of the molecule is CCCCC(N)C(C)(C)N(C)C. The van der Waals surface area contributed by atoms with Gasteiger partial charge in [-0.3, -0.25) is 0 Å². The molecule has 0 aliphatic carbocycles. The summed E-state index contributed by atoms with van der Waals surface area (Å²) in [7, 11) is 4.18. The molecule has 0 saturated carbocycles. The zero-order valence-corrected chi connectivity index (χ0v) is 9.22. The summed E-state index contributed by atoms with van der Waals surface area (Å²) in [6, 6.07) is 0.285. The van der Waals surface area contributed by atoms with Crippen LogP contribution in [0.15, 0.2) is 0 Å². The zero-order valence-electron chi connectivity index (χ0n) is 9.22. The summed E-state index contributed by atoms with van der Waals surface area (Å²) in [4.78, 5) is 2.20. The molecule has 0 aromatic rings. The molecule has 1 atom stereocenters. The maximum absolute atomic E-state index is 6.10. The summed E-state index contributed by atoms with van der Waals surface area (Å²) in [5, 5.41) is 0. The predicted molar refractivity (Wildman–Crippen MR) is 55.3 cm³/mol. The first-order valence-corrected chi connectivity index (χ1v) is 4.86. The Labute approximate surface area is 77.1 Å². The zero-order chi connectivity index (χ0) is 9.78. The molecule has 1 unspecified atom stereocenters. The van der Waals surface area contributed by atoms with Gasteiger partial charge in [-0.1, -0.05) is 19.8 Å². The summed E-state index contributed by atoms with van der Waals surface area (Å²) < 4.78 is 0. The van der Waals surface area contributed by atoms with Gasteiger partial charge in [0.25, 0.3) is 0 Å². The lowest BCUT2D eigenvalue weighted by molar-refractivity contribution is 0.152. The van der Waals surface area contributed by atoms with Gasteiger partial charge in [-0.25, -0.2) is 0 Å². The second-order valence-corrected chi connectivity index (χ2v) is 4.30. The van der Waals surface area contributed by atoms with Gasteiger partial charge in [0.05, 0.1) is 0 Å². The van der Waals surface area contributed by atoms with Gasteiger partial charge in [0.1, 0.15) is 0 Å². The van der Waals surface area contributed by atoms with E-state index in [1.54, 1.807) is 0 Å². The average Bonchev–Trinajstić information content (AvgIpc) is 1.99. The van der Waals surface area contributed by atoms with Crippen LogP contribution in [0, 0.1) is 0 Å². The van der Waals surface area contributed by atoms with Crippen LogP contribution < -0.4 is 5.73 Å². The molecule has 0 spiro atoms. The molecule has 2 N–H and O–H groups in total. The molecule has 0 aliphatic rings. The third-order valence-electron chi connectivity index (χ3n) is 2.93. The number of nitrogens with zero attached hydrogens (tertiary/aromatic N) is 1. The quantitative estimate of drug-likeness (QED) is 0.685. The summed E-state index contributed by atoms with van der Waals surface area (Å²) in [5.41, 5.74) is 6.22. The van der Waals surface area contributed by atoms with Crippen molar-refractivity contribution in [1.82, 2.24) is 4.90 Å². The van der Waals surface area contributed by atoms with Gasteiger partial charge in [0.2, 0.25) is 0 Å². The molecule has 0 amide bonds. The van der Waals surface area contributed by atoms with Crippen molar-refractivity contribution in [2.24, 2.45) is 5.73 Å². The normalized spacial score (nSPS) is 15.2. The molecule has 12 heavy (non-hydrogen) atoms. The van der Waals surface area contributed by atoms with Crippen molar-refractivity contribution >= 4 is 0 Å². The van der Waals surface area contributed by atoms with Crippen LogP contribution in [0.2, 0.25) is 0 Å². The maximum atomic E-state index is 6.10. The Bertz CT molecular complexity index is 119. The number of likely N-dealkylation sites (N-methyl/N-ethyl adjacent to an activating group) is 1. The molecular formula is C10H24N2. The standard InChI is InChI=1S/C10H24N2/c1-6-7-8-9(11)10(2,3)12(4)5/h9H,6-8,11H2,1-5H3. The minimum absolute atomic E-state index is 0.120. The predicted octanol–water partition coefficient (Wildman–Crippen LogP) is 1.84. The Morgan fingerprint density at radius 2 is 1.83 bits per heavy atom. The third kappa shape index (κ3) is 3.11. The fraction of sp³-hybridized carbons (Fsp3) is 1.00. The first kappa shape index (κ1) is 11.9. The number of nitrogens with two attached hydrogens (primary N) is 1. The third-order valence-corrected chi connectivity index (χ3v) is 2.93. The molecule has 0 aromatic carbocycles. The second kappa shape index (κ2) is 4.83. The Hall–Kier alpha value is -0.0800. The molecule has 0 aromatic heterocycles. The van der Waals surface area contributed by atoms with Crippen LogP contribution in [0.1, 0.15) is 40.0 Å². The van der Waals surface area contributed by atoms with E-state index < -0.39 is 0 Å². The fourth-order valence-corrected chi connectivity index (χ4v) is 1.11. The van der Waals surface area contributed by atoms with Crippen LogP contribution in [0.25, 0.3) is 0 Å². The second-order valence-electron chi connectivity index (χ2n) is 4.30. The average molecular weight is 172 g/mol. The van der Waals surface area contributed by atoms with Crippen LogP contribution in [0.3, 0.4) is 0 Å². The van der Waals surface area contributed by atoms with E-state index in [4.69, 9.17) is 5.73 Å². The first-order chi connectivity index (χ1) is 5.42. The van der Waals surface area contributed by atoms with Crippen LogP contribution >= 0.6 is 0 Å². The van der Waals surface area contributed by atoms with Crippen molar-refractivity contribution < 1.29 is 0 Å². The first-order valence-electron chi connectivity index (χ1n) is 4.86. The van der Waals surface area contributed by atoms with Crippen molar-refractivity contribution in [3.63, 3.8) is 0 Å². The minimum atomic E-state index is 0.120. The van der Waals surface area contributed by atoms with Crippen molar-refractivity contribution in [3.8, 4) is 0 Å². The summed E-state index contributed by atoms with van der Waals surface area (Å²) in [5.74, 6) is 0. The van der Waals surface area contributed by atoms with Crippen molar-refractivity contribution in [1.29, 1.82) is 0 Å². The van der Waals surface area contributed by atoms with E-state index >= 15 is 0 Å². The summed E-state index contributed by atoms with van der Waals surface area (Å²) in [6.07, 6.45) is 3.59. The highest BCUT2D eigenvalue weighted by Gasteiger charge is 2.27. The van der Waals surface area contributed by atoms with E-state index in [1.165, 1.54) is 12.8 Å². The highest BCUT2D eigenvalue weighted by molar-refractivity contribution is 4.88. The van der Waals surface area contributed by atoms with Gasteiger partial charge in [-0.15, -0.1) is 0 Å². The van der Waals surface area contributed by atoms with E-state index in [-0.39, 0.29) is 11.6 Å². The molecule has 0 bridgehead atoms. The van der Waals surface area contributed by atoms with Crippen molar-refractivity contribution in [2.45, 2.75) is 51.6 Å². The van der Waals surface area contributed by atoms with E-state index in [2.05, 4.69) is 39.8 Å². The Kier molecular flexibility index (Phi) is 4.80. The highest BCUT2D eigenvalue weighted by atomic mass is 15.2. The van der Waals surface area contributed by atoms with Gasteiger partial charge in [-0.2, -0.15) is 0 Å². The van der Waals surface area contributed by atoms with Gasteiger partial charge >= 0.3 is 0 Å². The van der Waals surface area contributed by atoms with Gasteiger partial charge in [0.15, 0.2) is 0 Å².